The van der Waals surface area contributed by atoms with Gasteiger partial charge in [-0.1, -0.05) is 388 Å². The first kappa shape index (κ1) is 100. The topological polar surface area (TPSA) is 237 Å². The van der Waals surface area contributed by atoms with Gasteiger partial charge < -0.3 is 33.8 Å². The molecule has 102 heavy (non-hydrogen) atoms. The van der Waals surface area contributed by atoms with Gasteiger partial charge in [-0.05, 0) is 37.5 Å². The van der Waals surface area contributed by atoms with Crippen molar-refractivity contribution in [1.82, 2.24) is 0 Å². The lowest BCUT2D eigenvalue weighted by atomic mass is 9.99. The summed E-state index contributed by atoms with van der Waals surface area (Å²) in [5.74, 6) is -0.451. The minimum absolute atomic E-state index is 0.107. The number of hydrogen-bond donors (Lipinski definition) is 3. The molecule has 0 aliphatic rings. The third kappa shape index (κ3) is 74.9. The van der Waals surface area contributed by atoms with Gasteiger partial charge in [0.1, 0.15) is 19.3 Å². The zero-order chi connectivity index (χ0) is 74.9. The molecule has 0 amide bonds. The van der Waals surface area contributed by atoms with Crippen molar-refractivity contribution in [2.45, 2.75) is 458 Å². The Balaban J connectivity index is 5.11. The van der Waals surface area contributed by atoms with Crippen molar-refractivity contribution in [3.63, 3.8) is 0 Å². The van der Waals surface area contributed by atoms with E-state index in [1.165, 1.54) is 250 Å². The number of rotatable bonds is 82. The van der Waals surface area contributed by atoms with E-state index in [9.17, 15) is 43.2 Å². The molecule has 0 bridgehead atoms. The van der Waals surface area contributed by atoms with Gasteiger partial charge in [-0.25, -0.2) is 9.13 Å². The Labute approximate surface area is 626 Å². The van der Waals surface area contributed by atoms with Crippen LogP contribution in [-0.4, -0.2) is 96.7 Å². The Morgan fingerprint density at radius 2 is 0.500 bits per heavy atom. The number of aliphatic hydroxyl groups excluding tert-OH is 1. The van der Waals surface area contributed by atoms with Crippen LogP contribution < -0.4 is 0 Å². The molecule has 0 saturated carbocycles. The van der Waals surface area contributed by atoms with E-state index >= 15 is 0 Å². The first-order valence-corrected chi connectivity index (χ1v) is 46.0. The van der Waals surface area contributed by atoms with Crippen LogP contribution in [0, 0.1) is 11.8 Å². The summed E-state index contributed by atoms with van der Waals surface area (Å²) in [6.07, 6.45) is 65.7. The molecule has 0 heterocycles. The summed E-state index contributed by atoms with van der Waals surface area (Å²) < 4.78 is 68.5. The third-order valence-corrected chi connectivity index (χ3v) is 21.7. The summed E-state index contributed by atoms with van der Waals surface area (Å²) in [4.78, 5) is 72.8. The van der Waals surface area contributed by atoms with E-state index in [1.807, 2.05) is 0 Å². The summed E-state index contributed by atoms with van der Waals surface area (Å²) in [6, 6.07) is 0. The minimum atomic E-state index is -4.96. The number of ether oxygens (including phenoxy) is 4. The number of carbonyl (C=O) groups is 4. The lowest BCUT2D eigenvalue weighted by Gasteiger charge is -2.21. The average molecular weight is 1490 g/mol. The summed E-state index contributed by atoms with van der Waals surface area (Å²) in [5, 5.41) is 10.6. The van der Waals surface area contributed by atoms with Crippen molar-refractivity contribution in [2.24, 2.45) is 11.8 Å². The number of hydrogen-bond acceptors (Lipinski definition) is 15. The van der Waals surface area contributed by atoms with E-state index < -0.39 is 97.5 Å². The van der Waals surface area contributed by atoms with Crippen LogP contribution in [0.3, 0.4) is 0 Å². The molecule has 17 nitrogen and oxygen atoms in total. The fourth-order valence-electron chi connectivity index (χ4n) is 12.9. The van der Waals surface area contributed by atoms with Gasteiger partial charge in [0, 0.05) is 25.7 Å². The maximum atomic E-state index is 13.1. The highest BCUT2D eigenvalue weighted by Gasteiger charge is 2.30. The lowest BCUT2D eigenvalue weighted by molar-refractivity contribution is -0.161. The smallest absolute Gasteiger partial charge is 0.462 e. The summed E-state index contributed by atoms with van der Waals surface area (Å²) in [7, 11) is -9.91. The van der Waals surface area contributed by atoms with Gasteiger partial charge in [-0.2, -0.15) is 0 Å². The van der Waals surface area contributed by atoms with Gasteiger partial charge in [0.25, 0.3) is 0 Å². The molecule has 6 atom stereocenters. The zero-order valence-electron chi connectivity index (χ0n) is 66.9. The number of carbonyl (C=O) groups excluding carboxylic acids is 4. The summed E-state index contributed by atoms with van der Waals surface area (Å²) in [5.41, 5.74) is 0. The van der Waals surface area contributed by atoms with Crippen LogP contribution in [0.25, 0.3) is 0 Å². The van der Waals surface area contributed by atoms with Gasteiger partial charge in [-0.15, -0.1) is 0 Å². The van der Waals surface area contributed by atoms with Gasteiger partial charge in [0.2, 0.25) is 0 Å². The SMILES string of the molecule is CCCCCCCCCCCCCCCCCCCCC(=O)OC[C@H](COP(=O)(O)OC[C@@H](O)COP(=O)(O)OC[C@@H](COC(=O)CCCCCCC)OC(=O)CCCCCCCCCCCCCCCCC(C)C)OC(=O)CCCCCCCCCCCCCCCCCCCCC(C)CC. The highest BCUT2D eigenvalue weighted by atomic mass is 31.2. The predicted molar refractivity (Wildman–Crippen MR) is 418 cm³/mol. The molecule has 0 saturated heterocycles. The molecular formula is C83H162O17P2. The van der Waals surface area contributed by atoms with Gasteiger partial charge in [0.15, 0.2) is 12.2 Å². The highest BCUT2D eigenvalue weighted by molar-refractivity contribution is 7.47. The first-order valence-electron chi connectivity index (χ1n) is 43.0. The molecular weight excluding hydrogens is 1330 g/mol. The monoisotopic (exact) mass is 1490 g/mol. The Morgan fingerprint density at radius 1 is 0.284 bits per heavy atom. The van der Waals surface area contributed by atoms with Crippen LogP contribution in [0.1, 0.15) is 440 Å². The third-order valence-electron chi connectivity index (χ3n) is 19.8. The molecule has 3 unspecified atom stereocenters. The molecule has 0 aromatic heterocycles. The second kappa shape index (κ2) is 74.5. The van der Waals surface area contributed by atoms with Crippen molar-refractivity contribution in [3.8, 4) is 0 Å². The Hall–Kier alpha value is -1.94. The largest absolute Gasteiger partial charge is 0.472 e. The molecule has 0 aromatic carbocycles. The molecule has 0 fully saturated rings. The highest BCUT2D eigenvalue weighted by Crippen LogP contribution is 2.45. The molecule has 0 aliphatic carbocycles. The Bertz CT molecular complexity index is 1960. The van der Waals surface area contributed by atoms with Gasteiger partial charge >= 0.3 is 39.5 Å². The minimum Gasteiger partial charge on any atom is -0.462 e. The van der Waals surface area contributed by atoms with E-state index in [1.54, 1.807) is 0 Å². The van der Waals surface area contributed by atoms with Crippen LogP contribution in [-0.2, 0) is 65.4 Å². The number of phosphoric acid groups is 2. The van der Waals surface area contributed by atoms with Crippen molar-refractivity contribution < 1.29 is 80.2 Å². The van der Waals surface area contributed by atoms with E-state index in [0.29, 0.717) is 25.7 Å². The molecule has 606 valence electrons. The molecule has 0 spiro atoms. The van der Waals surface area contributed by atoms with Gasteiger partial charge in [-0.3, -0.25) is 37.3 Å². The quantitative estimate of drug-likeness (QED) is 0.0222. The van der Waals surface area contributed by atoms with Crippen molar-refractivity contribution in [2.75, 3.05) is 39.6 Å². The Kier molecular flexibility index (Phi) is 73.1. The van der Waals surface area contributed by atoms with E-state index in [4.69, 9.17) is 37.0 Å². The molecule has 0 radical (unpaired) electrons. The number of aliphatic hydroxyl groups is 1. The average Bonchev–Trinajstić information content (AvgIpc) is 0.916. The molecule has 0 aromatic rings. The number of phosphoric ester groups is 2. The van der Waals surface area contributed by atoms with Crippen LogP contribution in [0.15, 0.2) is 0 Å². The van der Waals surface area contributed by atoms with Crippen LogP contribution in [0.5, 0.6) is 0 Å². The summed E-state index contributed by atoms with van der Waals surface area (Å²) >= 11 is 0. The Morgan fingerprint density at radius 3 is 0.745 bits per heavy atom. The standard InChI is InChI=1S/C83H162O17P2/c1-7-10-12-14-15-16-17-18-19-20-24-27-33-38-43-48-54-60-66-81(86)94-72-79(100-83(88)68-62-55-49-44-39-34-28-25-22-21-23-26-32-37-42-47-53-58-64-76(6)9-3)74-98-102(91,92)96-70-77(84)69-95-101(89,90)97-73-78(71-93-80(85)65-59-51-13-11-8-2)99-82(87)67-61-56-50-45-40-35-30-29-31-36-41-46-52-57-63-75(4)5/h75-79,84H,7-74H2,1-6H3,(H,89,90)(H,91,92)/t76?,77-,78+,79+/m0/s1. The maximum Gasteiger partial charge on any atom is 0.472 e. The van der Waals surface area contributed by atoms with Crippen molar-refractivity contribution >= 4 is 39.5 Å². The number of unbranched alkanes of at least 4 members (excludes halogenated alkanes) is 51. The van der Waals surface area contributed by atoms with Crippen LogP contribution >= 0.6 is 15.6 Å². The lowest BCUT2D eigenvalue weighted by Crippen LogP contribution is -2.30. The number of esters is 4. The second-order valence-electron chi connectivity index (χ2n) is 30.6. The molecule has 3 N–H and O–H groups in total. The fraction of sp³-hybridized carbons (Fsp3) is 0.952. The van der Waals surface area contributed by atoms with Crippen LogP contribution in [0.4, 0.5) is 0 Å². The van der Waals surface area contributed by atoms with E-state index in [-0.39, 0.29) is 25.7 Å². The fourth-order valence-corrected chi connectivity index (χ4v) is 14.4. The zero-order valence-corrected chi connectivity index (χ0v) is 68.7. The first-order chi connectivity index (χ1) is 49.4. The van der Waals surface area contributed by atoms with Crippen molar-refractivity contribution in [3.05, 3.63) is 0 Å². The van der Waals surface area contributed by atoms with E-state index in [0.717, 1.165) is 108 Å². The van der Waals surface area contributed by atoms with Crippen molar-refractivity contribution in [1.29, 1.82) is 0 Å². The van der Waals surface area contributed by atoms with Gasteiger partial charge in [0.05, 0.1) is 26.4 Å². The van der Waals surface area contributed by atoms with Crippen LogP contribution in [0.2, 0.25) is 0 Å². The second-order valence-corrected chi connectivity index (χ2v) is 33.5. The molecule has 0 aliphatic heterocycles. The maximum absolute atomic E-state index is 13.1. The normalized spacial score (nSPS) is 14.1. The van der Waals surface area contributed by atoms with E-state index in [2.05, 4.69) is 41.5 Å². The summed E-state index contributed by atoms with van der Waals surface area (Å²) in [6.45, 7) is 9.65. The molecule has 0 rings (SSSR count). The predicted octanol–water partition coefficient (Wildman–Crippen LogP) is 25.1. The molecule has 19 heteroatoms.